The van der Waals surface area contributed by atoms with Crippen molar-refractivity contribution in [2.24, 2.45) is 11.1 Å². The molecule has 3 aromatic rings. The third kappa shape index (κ3) is 5.52. The van der Waals surface area contributed by atoms with Crippen molar-refractivity contribution in [1.82, 2.24) is 5.32 Å². The first kappa shape index (κ1) is 25.6. The average Bonchev–Trinajstić information content (AvgIpc) is 3.21. The van der Waals surface area contributed by atoms with Gasteiger partial charge in [-0.3, -0.25) is 15.0 Å². The molecule has 1 atom stereocenters. The maximum absolute atomic E-state index is 13.1. The highest BCUT2D eigenvalue weighted by molar-refractivity contribution is 6.11. The van der Waals surface area contributed by atoms with Crippen LogP contribution in [0.5, 0.6) is 0 Å². The predicted octanol–water partition coefficient (Wildman–Crippen LogP) is 3.74. The summed E-state index contributed by atoms with van der Waals surface area (Å²) in [5, 5.41) is 23.2. The Morgan fingerprint density at radius 3 is 2.22 bits per heavy atom. The molecular weight excluding hydrogens is 472 g/mol. The molecule has 0 saturated carbocycles. The normalized spacial score (nSPS) is 16.1. The average molecular weight is 501 g/mol. The topological polar surface area (TPSA) is 155 Å². The van der Waals surface area contributed by atoms with Gasteiger partial charge in [0, 0.05) is 27.8 Å². The SMILES string of the molecule is CC1(C)COCC1NC(=O)c1ccc(-c2ccccc2C(=O)Nc2ccc(C(=N)N)cc2)c(C(=O)O)c1. The van der Waals surface area contributed by atoms with Crippen LogP contribution in [0.1, 0.15) is 50.5 Å². The van der Waals surface area contributed by atoms with Gasteiger partial charge in [0.05, 0.1) is 24.8 Å². The second kappa shape index (κ2) is 10.2. The molecule has 1 aliphatic heterocycles. The quantitative estimate of drug-likeness (QED) is 0.246. The highest BCUT2D eigenvalue weighted by Crippen LogP contribution is 2.30. The number of aromatic carboxylic acids is 1. The molecule has 0 bridgehead atoms. The summed E-state index contributed by atoms with van der Waals surface area (Å²) in [6, 6.07) is 17.4. The summed E-state index contributed by atoms with van der Waals surface area (Å²) < 4.78 is 5.48. The van der Waals surface area contributed by atoms with Gasteiger partial charge in [-0.25, -0.2) is 4.79 Å². The minimum atomic E-state index is -1.22. The lowest BCUT2D eigenvalue weighted by Gasteiger charge is -2.25. The number of amidine groups is 1. The lowest BCUT2D eigenvalue weighted by molar-refractivity contribution is 0.0697. The Balaban J connectivity index is 1.63. The fourth-order valence-corrected chi connectivity index (χ4v) is 4.19. The smallest absolute Gasteiger partial charge is 0.336 e. The second-order valence-corrected chi connectivity index (χ2v) is 9.59. The Labute approximate surface area is 214 Å². The van der Waals surface area contributed by atoms with Crippen molar-refractivity contribution in [3.05, 3.63) is 89.0 Å². The monoisotopic (exact) mass is 500 g/mol. The van der Waals surface area contributed by atoms with Gasteiger partial charge in [0.2, 0.25) is 0 Å². The lowest BCUT2D eigenvalue weighted by Crippen LogP contribution is -2.44. The van der Waals surface area contributed by atoms with Gasteiger partial charge in [-0.1, -0.05) is 38.1 Å². The summed E-state index contributed by atoms with van der Waals surface area (Å²) in [4.78, 5) is 38.2. The number of hydrogen-bond donors (Lipinski definition) is 5. The van der Waals surface area contributed by atoms with E-state index >= 15 is 0 Å². The zero-order valence-corrected chi connectivity index (χ0v) is 20.5. The fourth-order valence-electron chi connectivity index (χ4n) is 4.19. The number of nitrogens with one attached hydrogen (secondary N) is 3. The molecule has 4 rings (SSSR count). The first-order chi connectivity index (χ1) is 17.6. The number of amides is 2. The van der Waals surface area contributed by atoms with Gasteiger partial charge < -0.3 is 26.2 Å². The summed E-state index contributed by atoms with van der Waals surface area (Å²) in [6.07, 6.45) is 0. The lowest BCUT2D eigenvalue weighted by atomic mass is 9.87. The van der Waals surface area contributed by atoms with E-state index in [2.05, 4.69) is 10.6 Å². The number of carboxylic acids is 1. The number of anilines is 1. The van der Waals surface area contributed by atoms with Gasteiger partial charge in [-0.2, -0.15) is 0 Å². The van der Waals surface area contributed by atoms with Crippen LogP contribution in [-0.2, 0) is 4.74 Å². The van der Waals surface area contributed by atoms with Crippen molar-refractivity contribution < 1.29 is 24.2 Å². The first-order valence-corrected chi connectivity index (χ1v) is 11.7. The van der Waals surface area contributed by atoms with Crippen molar-refractivity contribution in [2.45, 2.75) is 19.9 Å². The molecule has 0 aromatic heterocycles. The van der Waals surface area contributed by atoms with Crippen LogP contribution < -0.4 is 16.4 Å². The van der Waals surface area contributed by atoms with Crippen LogP contribution in [0.25, 0.3) is 11.1 Å². The number of carbonyl (C=O) groups is 3. The highest BCUT2D eigenvalue weighted by Gasteiger charge is 2.37. The van der Waals surface area contributed by atoms with Gasteiger partial charge in [0.15, 0.2) is 0 Å². The molecule has 9 nitrogen and oxygen atoms in total. The van der Waals surface area contributed by atoms with Crippen molar-refractivity contribution in [2.75, 3.05) is 18.5 Å². The Hall–Kier alpha value is -4.50. The minimum absolute atomic E-state index is 0.0816. The fraction of sp³-hybridized carbons (Fsp3) is 0.214. The molecule has 9 heteroatoms. The summed E-state index contributed by atoms with van der Waals surface area (Å²) >= 11 is 0. The van der Waals surface area contributed by atoms with E-state index in [0.717, 1.165) is 0 Å². The molecule has 1 heterocycles. The number of nitrogen functional groups attached to an aromatic ring is 1. The molecule has 6 N–H and O–H groups in total. The van der Waals surface area contributed by atoms with E-state index in [1.807, 2.05) is 13.8 Å². The zero-order chi connectivity index (χ0) is 26.7. The van der Waals surface area contributed by atoms with Gasteiger partial charge in [-0.05, 0) is 53.6 Å². The van der Waals surface area contributed by atoms with E-state index in [4.69, 9.17) is 15.9 Å². The largest absolute Gasteiger partial charge is 0.478 e. The van der Waals surface area contributed by atoms with Crippen molar-refractivity contribution in [3.8, 4) is 11.1 Å². The zero-order valence-electron chi connectivity index (χ0n) is 20.5. The molecule has 0 aliphatic carbocycles. The summed E-state index contributed by atoms with van der Waals surface area (Å²) in [5.74, 6) is -2.13. The molecule has 1 aliphatic rings. The number of benzene rings is 3. The Kier molecular flexibility index (Phi) is 7.08. The maximum atomic E-state index is 13.1. The molecule has 1 fully saturated rings. The standard InChI is InChI=1S/C28H28N4O5/c1-28(2)15-37-14-23(28)32-25(33)17-9-12-20(22(13-17)27(35)36)19-5-3-4-6-21(19)26(34)31-18-10-7-16(8-11-18)24(29)30/h3-13,23H,14-15H2,1-2H3,(H3,29,30)(H,31,34)(H,32,33)(H,35,36). The molecule has 0 spiro atoms. The molecular formula is C28H28N4O5. The molecule has 190 valence electrons. The Morgan fingerprint density at radius 2 is 1.59 bits per heavy atom. The van der Waals surface area contributed by atoms with E-state index in [9.17, 15) is 19.5 Å². The maximum Gasteiger partial charge on any atom is 0.336 e. The number of nitrogens with two attached hydrogens (primary N) is 1. The van der Waals surface area contributed by atoms with Gasteiger partial charge in [0.1, 0.15) is 5.84 Å². The van der Waals surface area contributed by atoms with Crippen LogP contribution in [0.4, 0.5) is 5.69 Å². The molecule has 0 radical (unpaired) electrons. The van der Waals surface area contributed by atoms with Crippen LogP contribution in [0.2, 0.25) is 0 Å². The van der Waals surface area contributed by atoms with Crippen LogP contribution in [-0.4, -0.2) is 48.0 Å². The van der Waals surface area contributed by atoms with Gasteiger partial charge in [-0.15, -0.1) is 0 Å². The predicted molar refractivity (Wildman–Crippen MR) is 140 cm³/mol. The van der Waals surface area contributed by atoms with E-state index in [0.29, 0.717) is 35.6 Å². The van der Waals surface area contributed by atoms with Crippen molar-refractivity contribution >= 4 is 29.3 Å². The molecule has 1 unspecified atom stereocenters. The summed E-state index contributed by atoms with van der Waals surface area (Å²) in [6.45, 7) is 4.91. The van der Waals surface area contributed by atoms with E-state index in [-0.39, 0.29) is 34.0 Å². The molecule has 3 aromatic carbocycles. The summed E-state index contributed by atoms with van der Waals surface area (Å²) in [7, 11) is 0. The number of ether oxygens (including phenoxy) is 1. The first-order valence-electron chi connectivity index (χ1n) is 11.7. The molecule has 2 amide bonds. The third-order valence-corrected chi connectivity index (χ3v) is 6.44. The number of rotatable bonds is 7. The summed E-state index contributed by atoms with van der Waals surface area (Å²) in [5.41, 5.74) is 7.36. The minimum Gasteiger partial charge on any atom is -0.478 e. The number of carboxylic acid groups (broad SMARTS) is 1. The number of hydrogen-bond acceptors (Lipinski definition) is 5. The molecule has 37 heavy (non-hydrogen) atoms. The van der Waals surface area contributed by atoms with Crippen LogP contribution >= 0.6 is 0 Å². The third-order valence-electron chi connectivity index (χ3n) is 6.44. The van der Waals surface area contributed by atoms with Crippen molar-refractivity contribution in [1.29, 1.82) is 5.41 Å². The second-order valence-electron chi connectivity index (χ2n) is 9.59. The Morgan fingerprint density at radius 1 is 0.946 bits per heavy atom. The van der Waals surface area contributed by atoms with Crippen LogP contribution in [0.3, 0.4) is 0 Å². The molecule has 1 saturated heterocycles. The van der Waals surface area contributed by atoms with Gasteiger partial charge >= 0.3 is 5.97 Å². The van der Waals surface area contributed by atoms with Gasteiger partial charge in [0.25, 0.3) is 11.8 Å². The van der Waals surface area contributed by atoms with Crippen molar-refractivity contribution in [3.63, 3.8) is 0 Å². The van der Waals surface area contributed by atoms with Crippen LogP contribution in [0, 0.1) is 10.8 Å². The Bertz CT molecular complexity index is 1380. The van der Waals surface area contributed by atoms with E-state index in [1.165, 1.54) is 6.07 Å². The van der Waals surface area contributed by atoms with Crippen LogP contribution in [0.15, 0.2) is 66.7 Å². The number of carbonyl (C=O) groups excluding carboxylic acids is 2. The van der Waals surface area contributed by atoms with E-state index in [1.54, 1.807) is 60.7 Å². The van der Waals surface area contributed by atoms with E-state index < -0.39 is 17.8 Å². The highest BCUT2D eigenvalue weighted by atomic mass is 16.5.